The molecular weight excluding hydrogens is 372 g/mol. The van der Waals surface area contributed by atoms with E-state index in [0.29, 0.717) is 22.6 Å². The van der Waals surface area contributed by atoms with Gasteiger partial charge < -0.3 is 4.74 Å². The van der Waals surface area contributed by atoms with Crippen molar-refractivity contribution in [3.05, 3.63) is 96.6 Å². The summed E-state index contributed by atoms with van der Waals surface area (Å²) >= 11 is 0. The first-order valence-corrected chi connectivity index (χ1v) is 9.40. The maximum atomic E-state index is 9.74. The highest BCUT2D eigenvalue weighted by Crippen LogP contribution is 2.35. The zero-order valence-electron chi connectivity index (χ0n) is 16.4. The molecule has 0 aliphatic heterocycles. The van der Waals surface area contributed by atoms with Crippen LogP contribution in [0.15, 0.2) is 101 Å². The molecule has 0 unspecified atom stereocenters. The molecule has 0 fully saturated rings. The zero-order chi connectivity index (χ0) is 20.8. The number of rotatable bonds is 5. The molecule has 30 heavy (non-hydrogen) atoms. The fraction of sp³-hybridized carbons (Fsp3) is 0.0400. The molecule has 0 saturated heterocycles. The van der Waals surface area contributed by atoms with Crippen molar-refractivity contribution in [2.75, 3.05) is 7.11 Å². The third-order valence-corrected chi connectivity index (χ3v) is 4.56. The van der Waals surface area contributed by atoms with Gasteiger partial charge in [-0.3, -0.25) is 0 Å². The average Bonchev–Trinajstić information content (AvgIpc) is 2.83. The number of aromatic nitrogens is 1. The summed E-state index contributed by atoms with van der Waals surface area (Å²) in [5, 5.41) is 18.5. The minimum absolute atomic E-state index is 0.445. The fourth-order valence-electron chi connectivity index (χ4n) is 3.05. The van der Waals surface area contributed by atoms with Crippen molar-refractivity contribution in [1.29, 1.82) is 5.26 Å². The molecule has 4 aromatic rings. The molecule has 0 radical (unpaired) electrons. The van der Waals surface area contributed by atoms with E-state index in [1.54, 1.807) is 13.2 Å². The van der Waals surface area contributed by atoms with Gasteiger partial charge in [0.1, 0.15) is 17.5 Å². The van der Waals surface area contributed by atoms with E-state index in [4.69, 9.17) is 9.72 Å². The molecule has 0 N–H and O–H groups in total. The van der Waals surface area contributed by atoms with E-state index in [1.807, 2.05) is 84.9 Å². The second kappa shape index (κ2) is 8.80. The van der Waals surface area contributed by atoms with E-state index in [0.717, 1.165) is 22.6 Å². The first-order chi connectivity index (χ1) is 14.8. The molecule has 0 spiro atoms. The Morgan fingerprint density at radius 3 is 2.03 bits per heavy atom. The van der Waals surface area contributed by atoms with Gasteiger partial charge in [0.15, 0.2) is 0 Å². The van der Waals surface area contributed by atoms with Crippen LogP contribution in [0, 0.1) is 11.3 Å². The van der Waals surface area contributed by atoms with Gasteiger partial charge in [-0.2, -0.15) is 10.4 Å². The number of ether oxygens (including phenoxy) is 1. The highest BCUT2D eigenvalue weighted by molar-refractivity contribution is 5.79. The Kier molecular flexibility index (Phi) is 5.59. The summed E-state index contributed by atoms with van der Waals surface area (Å²) in [5.74, 6) is 0.753. The normalized spacial score (nSPS) is 10.7. The van der Waals surface area contributed by atoms with Crippen molar-refractivity contribution in [3.63, 3.8) is 0 Å². The Morgan fingerprint density at radius 2 is 1.40 bits per heavy atom. The van der Waals surface area contributed by atoms with E-state index in [1.165, 1.54) is 0 Å². The van der Waals surface area contributed by atoms with Gasteiger partial charge in [-0.1, -0.05) is 48.5 Å². The minimum Gasteiger partial charge on any atom is -0.497 e. The molecule has 0 bridgehead atoms. The van der Waals surface area contributed by atoms with Gasteiger partial charge in [0.2, 0.25) is 0 Å². The second-order valence-electron chi connectivity index (χ2n) is 6.49. The lowest BCUT2D eigenvalue weighted by atomic mass is 10.0. The number of azo groups is 1. The molecule has 5 nitrogen and oxygen atoms in total. The quantitative estimate of drug-likeness (QED) is 0.355. The van der Waals surface area contributed by atoms with Crippen molar-refractivity contribution in [1.82, 2.24) is 4.98 Å². The molecule has 5 heteroatoms. The van der Waals surface area contributed by atoms with Crippen molar-refractivity contribution in [2.45, 2.75) is 0 Å². The predicted molar refractivity (Wildman–Crippen MR) is 117 cm³/mol. The SMILES string of the molecule is COc1ccc(-c2nc(-c3ccccc3)c(C#N)cc2N=Nc2ccccc2)cc1. The Balaban J connectivity index is 1.89. The molecule has 1 aromatic heterocycles. The van der Waals surface area contributed by atoms with E-state index in [-0.39, 0.29) is 0 Å². The zero-order valence-corrected chi connectivity index (χ0v) is 16.4. The van der Waals surface area contributed by atoms with Crippen LogP contribution in [0.3, 0.4) is 0 Å². The second-order valence-corrected chi connectivity index (χ2v) is 6.49. The Bertz CT molecular complexity index is 1210. The van der Waals surface area contributed by atoms with E-state index >= 15 is 0 Å². The molecule has 144 valence electrons. The number of hydrogen-bond acceptors (Lipinski definition) is 5. The molecule has 0 saturated carbocycles. The molecule has 0 amide bonds. The summed E-state index contributed by atoms with van der Waals surface area (Å²) in [4.78, 5) is 4.83. The number of benzene rings is 3. The van der Waals surface area contributed by atoms with Gasteiger partial charge in [-0.15, -0.1) is 5.11 Å². The Morgan fingerprint density at radius 1 is 0.767 bits per heavy atom. The summed E-state index contributed by atoms with van der Waals surface area (Å²) in [6.07, 6.45) is 0. The topological polar surface area (TPSA) is 70.6 Å². The number of methoxy groups -OCH3 is 1. The van der Waals surface area contributed by atoms with Crippen LogP contribution in [0.25, 0.3) is 22.5 Å². The van der Waals surface area contributed by atoms with Crippen LogP contribution in [0.4, 0.5) is 11.4 Å². The van der Waals surface area contributed by atoms with Crippen LogP contribution in [-0.2, 0) is 0 Å². The maximum Gasteiger partial charge on any atom is 0.118 e. The lowest BCUT2D eigenvalue weighted by molar-refractivity contribution is 0.415. The average molecular weight is 390 g/mol. The maximum absolute atomic E-state index is 9.74. The molecular formula is C25H18N4O. The first-order valence-electron chi connectivity index (χ1n) is 9.40. The van der Waals surface area contributed by atoms with Gasteiger partial charge in [-0.25, -0.2) is 4.98 Å². The van der Waals surface area contributed by atoms with Crippen LogP contribution >= 0.6 is 0 Å². The summed E-state index contributed by atoms with van der Waals surface area (Å²) in [5.41, 5.74) is 4.69. The summed E-state index contributed by atoms with van der Waals surface area (Å²) in [7, 11) is 1.63. The van der Waals surface area contributed by atoms with Crippen LogP contribution in [0.5, 0.6) is 5.75 Å². The van der Waals surface area contributed by atoms with Crippen LogP contribution in [0.1, 0.15) is 5.56 Å². The Labute approximate surface area is 175 Å². The van der Waals surface area contributed by atoms with E-state index < -0.39 is 0 Å². The summed E-state index contributed by atoms with van der Waals surface area (Å²) in [6.45, 7) is 0. The van der Waals surface area contributed by atoms with Crippen LogP contribution in [0.2, 0.25) is 0 Å². The molecule has 0 aliphatic rings. The molecule has 1 heterocycles. The van der Waals surface area contributed by atoms with Gasteiger partial charge in [0.25, 0.3) is 0 Å². The third-order valence-electron chi connectivity index (χ3n) is 4.56. The van der Waals surface area contributed by atoms with Crippen molar-refractivity contribution < 1.29 is 4.74 Å². The van der Waals surface area contributed by atoms with Gasteiger partial charge >= 0.3 is 0 Å². The standard InChI is InChI=1S/C25H18N4O/c1-30-22-14-12-19(13-15-22)25-23(29-28-21-10-6-3-7-11-21)16-20(17-26)24(27-25)18-8-4-2-5-9-18/h2-16H,1H3. The van der Waals surface area contributed by atoms with Crippen molar-refractivity contribution >= 4 is 11.4 Å². The molecule has 3 aromatic carbocycles. The van der Waals surface area contributed by atoms with Gasteiger partial charge in [0, 0.05) is 11.1 Å². The monoisotopic (exact) mass is 390 g/mol. The Hall–Kier alpha value is -4.30. The number of pyridine rings is 1. The van der Waals surface area contributed by atoms with E-state index in [9.17, 15) is 5.26 Å². The largest absolute Gasteiger partial charge is 0.497 e. The smallest absolute Gasteiger partial charge is 0.118 e. The molecule has 0 atom stereocenters. The summed E-state index contributed by atoms with van der Waals surface area (Å²) in [6, 6.07) is 30.7. The molecule has 0 aliphatic carbocycles. The van der Waals surface area contributed by atoms with Crippen molar-refractivity contribution in [3.8, 4) is 34.3 Å². The molecule has 4 rings (SSSR count). The fourth-order valence-corrected chi connectivity index (χ4v) is 3.05. The lowest BCUT2D eigenvalue weighted by Gasteiger charge is -2.11. The van der Waals surface area contributed by atoms with Crippen LogP contribution < -0.4 is 4.74 Å². The highest BCUT2D eigenvalue weighted by atomic mass is 16.5. The highest BCUT2D eigenvalue weighted by Gasteiger charge is 2.15. The number of nitrogens with zero attached hydrogens (tertiary/aromatic N) is 4. The van der Waals surface area contributed by atoms with Crippen molar-refractivity contribution in [2.24, 2.45) is 10.2 Å². The number of nitriles is 1. The minimum atomic E-state index is 0.445. The lowest BCUT2D eigenvalue weighted by Crippen LogP contribution is -1.94. The predicted octanol–water partition coefficient (Wildman–Crippen LogP) is 6.71. The summed E-state index contributed by atoms with van der Waals surface area (Å²) < 4.78 is 5.26. The number of hydrogen-bond donors (Lipinski definition) is 0. The van der Waals surface area contributed by atoms with Gasteiger partial charge in [-0.05, 0) is 42.5 Å². The van der Waals surface area contributed by atoms with Crippen LogP contribution in [-0.4, -0.2) is 12.1 Å². The van der Waals surface area contributed by atoms with E-state index in [2.05, 4.69) is 16.3 Å². The van der Waals surface area contributed by atoms with Gasteiger partial charge in [0.05, 0.1) is 29.7 Å². The third kappa shape index (κ3) is 4.08. The first kappa shape index (κ1) is 19.0.